The molecule has 176 valence electrons. The molecule has 2 fully saturated rings. The number of carbonyl (C=O) groups excluding carboxylic acids is 2. The number of methoxy groups -OCH3 is 1. The molecule has 7 heteroatoms. The Morgan fingerprint density at radius 2 is 1.58 bits per heavy atom. The second-order valence-corrected chi connectivity index (χ2v) is 10.0. The molecule has 1 aromatic heterocycles. The first-order valence-corrected chi connectivity index (χ1v) is 12.7. The van der Waals surface area contributed by atoms with E-state index in [2.05, 4.69) is 17.4 Å². The molecule has 1 heterocycles. The summed E-state index contributed by atoms with van der Waals surface area (Å²) in [5.74, 6) is -2.48. The molecule has 2 atom stereocenters. The molecule has 0 radical (unpaired) electrons. The van der Waals surface area contributed by atoms with Crippen LogP contribution in [-0.2, 0) is 14.3 Å². The topological polar surface area (TPSA) is 92.7 Å². The molecule has 4 rings (SSSR count). The Labute approximate surface area is 198 Å². The molecule has 1 amide bonds. The van der Waals surface area contributed by atoms with Crippen LogP contribution in [0.4, 0.5) is 5.00 Å². The Kier molecular flexibility index (Phi) is 7.48. The number of aliphatic carboxylic acids is 1. The summed E-state index contributed by atoms with van der Waals surface area (Å²) in [5, 5.41) is 14.6. The van der Waals surface area contributed by atoms with Gasteiger partial charge >= 0.3 is 11.9 Å². The largest absolute Gasteiger partial charge is 0.481 e. The Bertz CT molecular complexity index is 1010. The highest BCUT2D eigenvalue weighted by Crippen LogP contribution is 2.39. The minimum Gasteiger partial charge on any atom is -0.481 e. The van der Waals surface area contributed by atoms with Gasteiger partial charge in [0, 0.05) is 10.9 Å². The molecule has 33 heavy (non-hydrogen) atoms. The smallest absolute Gasteiger partial charge is 0.341 e. The van der Waals surface area contributed by atoms with Crippen LogP contribution in [0.1, 0.15) is 79.6 Å². The molecule has 2 aliphatic rings. The Morgan fingerprint density at radius 1 is 0.939 bits per heavy atom. The van der Waals surface area contributed by atoms with E-state index in [0.717, 1.165) is 24.0 Å². The van der Waals surface area contributed by atoms with Crippen molar-refractivity contribution in [1.82, 2.24) is 0 Å². The van der Waals surface area contributed by atoms with Gasteiger partial charge in [0.1, 0.15) is 10.6 Å². The molecule has 6 nitrogen and oxygen atoms in total. The maximum Gasteiger partial charge on any atom is 0.341 e. The van der Waals surface area contributed by atoms with Gasteiger partial charge in [-0.3, -0.25) is 9.59 Å². The van der Waals surface area contributed by atoms with Gasteiger partial charge in [-0.05, 0) is 42.7 Å². The molecular formula is C26H31NO5S. The standard InChI is InChI=1S/C26H31NO5S/c1-32-26(31)22-21(18-13-11-17(12-14-18)16-7-3-2-4-8-16)15-33-24(22)27-23(28)19-9-5-6-10-20(19)25(29)30/h11-16,19-20H,2-10H2,1H3,(H,27,28)(H,29,30). The minimum atomic E-state index is -0.937. The number of carboxylic acids is 1. The van der Waals surface area contributed by atoms with Gasteiger partial charge in [-0.1, -0.05) is 56.4 Å². The molecule has 0 spiro atoms. The van der Waals surface area contributed by atoms with E-state index in [4.69, 9.17) is 4.74 Å². The molecule has 1 aromatic carbocycles. The second kappa shape index (κ2) is 10.5. The van der Waals surface area contributed by atoms with Gasteiger partial charge in [0.15, 0.2) is 0 Å². The average molecular weight is 470 g/mol. The third kappa shape index (κ3) is 5.13. The third-order valence-corrected chi connectivity index (χ3v) is 8.03. The number of ether oxygens (including phenoxy) is 1. The molecule has 2 unspecified atom stereocenters. The molecular weight excluding hydrogens is 438 g/mol. The third-order valence-electron chi connectivity index (χ3n) is 7.14. The van der Waals surface area contributed by atoms with Crippen LogP contribution in [0.2, 0.25) is 0 Å². The molecule has 2 saturated carbocycles. The van der Waals surface area contributed by atoms with E-state index in [9.17, 15) is 19.5 Å². The van der Waals surface area contributed by atoms with Gasteiger partial charge in [0.05, 0.1) is 18.9 Å². The summed E-state index contributed by atoms with van der Waals surface area (Å²) in [4.78, 5) is 37.3. The van der Waals surface area contributed by atoms with Crippen molar-refractivity contribution in [2.45, 2.75) is 63.7 Å². The number of hydrogen-bond donors (Lipinski definition) is 2. The highest BCUT2D eigenvalue weighted by molar-refractivity contribution is 7.15. The Morgan fingerprint density at radius 3 is 2.21 bits per heavy atom. The summed E-state index contributed by atoms with van der Waals surface area (Å²) >= 11 is 1.27. The summed E-state index contributed by atoms with van der Waals surface area (Å²) in [6.45, 7) is 0. The highest BCUT2D eigenvalue weighted by Gasteiger charge is 2.36. The van der Waals surface area contributed by atoms with E-state index in [1.54, 1.807) is 0 Å². The van der Waals surface area contributed by atoms with Gasteiger partial charge in [0.2, 0.25) is 5.91 Å². The monoisotopic (exact) mass is 469 g/mol. The molecule has 2 aromatic rings. The van der Waals surface area contributed by atoms with Crippen LogP contribution in [0.5, 0.6) is 0 Å². The lowest BCUT2D eigenvalue weighted by molar-refractivity contribution is -0.147. The van der Waals surface area contributed by atoms with Crippen LogP contribution in [0.3, 0.4) is 0 Å². The van der Waals surface area contributed by atoms with Crippen LogP contribution < -0.4 is 5.32 Å². The Hall–Kier alpha value is -2.67. The fraction of sp³-hybridized carbons (Fsp3) is 0.500. The van der Waals surface area contributed by atoms with Gasteiger partial charge in [0.25, 0.3) is 0 Å². The maximum absolute atomic E-state index is 13.0. The van der Waals surface area contributed by atoms with Gasteiger partial charge in [-0.25, -0.2) is 4.79 Å². The van der Waals surface area contributed by atoms with E-state index >= 15 is 0 Å². The Balaban J connectivity index is 1.58. The van der Waals surface area contributed by atoms with Crippen LogP contribution in [0, 0.1) is 11.8 Å². The first-order chi connectivity index (χ1) is 16.0. The summed E-state index contributed by atoms with van der Waals surface area (Å²) < 4.78 is 5.03. The normalized spacial score (nSPS) is 21.4. The van der Waals surface area contributed by atoms with Crippen LogP contribution in [0.15, 0.2) is 29.6 Å². The predicted molar refractivity (Wildman–Crippen MR) is 129 cm³/mol. The van der Waals surface area contributed by atoms with Crippen LogP contribution in [-0.4, -0.2) is 30.1 Å². The summed E-state index contributed by atoms with van der Waals surface area (Å²) in [6, 6.07) is 8.35. The van der Waals surface area contributed by atoms with E-state index in [-0.39, 0.29) is 5.91 Å². The highest BCUT2D eigenvalue weighted by atomic mass is 32.1. The fourth-order valence-electron chi connectivity index (χ4n) is 5.28. The predicted octanol–water partition coefficient (Wildman–Crippen LogP) is 6.08. The fourth-order valence-corrected chi connectivity index (χ4v) is 6.24. The molecule has 0 bridgehead atoms. The van der Waals surface area contributed by atoms with Crippen molar-refractivity contribution in [3.05, 3.63) is 40.8 Å². The van der Waals surface area contributed by atoms with Crippen molar-refractivity contribution < 1.29 is 24.2 Å². The van der Waals surface area contributed by atoms with E-state index < -0.39 is 23.8 Å². The first-order valence-electron chi connectivity index (χ1n) is 11.8. The van der Waals surface area contributed by atoms with Crippen LogP contribution in [0.25, 0.3) is 11.1 Å². The minimum absolute atomic E-state index is 0.323. The number of carboxylic acid groups (broad SMARTS) is 1. The van der Waals surface area contributed by atoms with Gasteiger partial charge in [-0.2, -0.15) is 0 Å². The molecule has 2 aliphatic carbocycles. The lowest BCUT2D eigenvalue weighted by atomic mass is 9.78. The summed E-state index contributed by atoms with van der Waals surface area (Å²) in [7, 11) is 1.32. The second-order valence-electron chi connectivity index (χ2n) is 9.13. The van der Waals surface area contributed by atoms with Crippen molar-refractivity contribution in [3.63, 3.8) is 0 Å². The van der Waals surface area contributed by atoms with Crippen molar-refractivity contribution in [2.24, 2.45) is 11.8 Å². The maximum atomic E-state index is 13.0. The SMILES string of the molecule is COC(=O)c1c(-c2ccc(C3CCCCC3)cc2)csc1NC(=O)C1CCCCC1C(=O)O. The number of benzene rings is 1. The van der Waals surface area contributed by atoms with Crippen molar-refractivity contribution in [3.8, 4) is 11.1 Å². The van der Waals surface area contributed by atoms with Gasteiger partial charge < -0.3 is 15.2 Å². The number of nitrogens with one attached hydrogen (secondary N) is 1. The summed E-state index contributed by atoms with van der Waals surface area (Å²) in [6.07, 6.45) is 8.99. The number of thiophene rings is 1. The number of rotatable bonds is 6. The van der Waals surface area contributed by atoms with Crippen LogP contribution >= 0.6 is 11.3 Å². The van der Waals surface area contributed by atoms with Crippen molar-refractivity contribution >= 4 is 34.2 Å². The van der Waals surface area contributed by atoms with Crippen molar-refractivity contribution in [2.75, 3.05) is 12.4 Å². The number of amides is 1. The zero-order valence-electron chi connectivity index (χ0n) is 19.0. The first kappa shape index (κ1) is 23.5. The molecule has 2 N–H and O–H groups in total. The average Bonchev–Trinajstić information content (AvgIpc) is 3.27. The van der Waals surface area contributed by atoms with Crippen molar-refractivity contribution in [1.29, 1.82) is 0 Å². The molecule has 0 saturated heterocycles. The quantitative estimate of drug-likeness (QED) is 0.500. The van der Waals surface area contributed by atoms with E-state index in [0.29, 0.717) is 29.3 Å². The van der Waals surface area contributed by atoms with Gasteiger partial charge in [-0.15, -0.1) is 11.3 Å². The zero-order chi connectivity index (χ0) is 23.4. The lowest BCUT2D eigenvalue weighted by Gasteiger charge is -2.27. The number of esters is 1. The van der Waals surface area contributed by atoms with E-state index in [1.165, 1.54) is 56.1 Å². The molecule has 0 aliphatic heterocycles. The number of anilines is 1. The number of carbonyl (C=O) groups is 3. The van der Waals surface area contributed by atoms with E-state index in [1.807, 2.05) is 17.5 Å². The lowest BCUT2D eigenvalue weighted by Crippen LogP contribution is -2.36. The summed E-state index contributed by atoms with van der Waals surface area (Å²) in [5.41, 5.74) is 3.27. The number of hydrogen-bond acceptors (Lipinski definition) is 5. The zero-order valence-corrected chi connectivity index (χ0v) is 19.8.